The monoisotopic (exact) mass is 472 g/mol. The van der Waals surface area contributed by atoms with Crippen LogP contribution in [-0.4, -0.2) is 28.2 Å². The SMILES string of the molecule is Cc1ccc(C(C)C)c(OCC(=O)NNC(=O)c2c(C)nn(Cc3ccc(F)cc3)c2Cl)c1. The predicted molar refractivity (Wildman–Crippen MR) is 124 cm³/mol. The van der Waals surface area contributed by atoms with Gasteiger partial charge in [0.05, 0.1) is 12.2 Å². The van der Waals surface area contributed by atoms with Crippen molar-refractivity contribution in [1.82, 2.24) is 20.6 Å². The number of carbonyl (C=O) groups excluding carboxylic acids is 2. The van der Waals surface area contributed by atoms with E-state index >= 15 is 0 Å². The standard InChI is InChI=1S/C24H26ClFN4O3/c1-14(2)19-10-5-15(3)11-20(19)33-13-21(31)27-28-24(32)22-16(4)29-30(23(22)25)12-17-6-8-18(26)9-7-17/h5-11,14H,12-13H2,1-4H3,(H,27,31)(H,28,32). The lowest BCUT2D eigenvalue weighted by Gasteiger charge is -2.15. The summed E-state index contributed by atoms with van der Waals surface area (Å²) in [4.78, 5) is 24.8. The Morgan fingerprint density at radius 2 is 1.82 bits per heavy atom. The van der Waals surface area contributed by atoms with Gasteiger partial charge in [-0.15, -0.1) is 0 Å². The molecule has 7 nitrogen and oxygen atoms in total. The van der Waals surface area contributed by atoms with Crippen molar-refractivity contribution < 1.29 is 18.7 Å². The Balaban J connectivity index is 1.59. The molecule has 0 aliphatic heterocycles. The van der Waals surface area contributed by atoms with Gasteiger partial charge in [0.15, 0.2) is 6.61 Å². The number of ether oxygens (including phenoxy) is 1. The number of aromatic nitrogens is 2. The highest BCUT2D eigenvalue weighted by Crippen LogP contribution is 2.27. The number of halogens is 2. The minimum absolute atomic E-state index is 0.112. The van der Waals surface area contributed by atoms with Gasteiger partial charge in [0.25, 0.3) is 11.8 Å². The zero-order valence-electron chi connectivity index (χ0n) is 18.9. The van der Waals surface area contributed by atoms with Crippen LogP contribution in [0.15, 0.2) is 42.5 Å². The fraction of sp³-hybridized carbons (Fsp3) is 0.292. The molecule has 9 heteroatoms. The molecule has 2 aromatic carbocycles. The summed E-state index contributed by atoms with van der Waals surface area (Å²) in [5.41, 5.74) is 8.00. The summed E-state index contributed by atoms with van der Waals surface area (Å²) in [6.07, 6.45) is 0. The lowest BCUT2D eigenvalue weighted by Crippen LogP contribution is -2.44. The molecule has 2 N–H and O–H groups in total. The van der Waals surface area contributed by atoms with E-state index in [2.05, 4.69) is 16.0 Å². The predicted octanol–water partition coefficient (Wildman–Crippen LogP) is 4.30. The van der Waals surface area contributed by atoms with Crippen molar-refractivity contribution >= 4 is 23.4 Å². The van der Waals surface area contributed by atoms with Crippen molar-refractivity contribution in [3.05, 3.63) is 81.4 Å². The number of benzene rings is 2. The fourth-order valence-corrected chi connectivity index (χ4v) is 3.61. The van der Waals surface area contributed by atoms with E-state index in [0.29, 0.717) is 11.4 Å². The van der Waals surface area contributed by atoms with Gasteiger partial charge < -0.3 is 4.74 Å². The van der Waals surface area contributed by atoms with Crippen LogP contribution in [0.25, 0.3) is 0 Å². The quantitative estimate of drug-likeness (QED) is 0.502. The number of aryl methyl sites for hydroxylation is 2. The Morgan fingerprint density at radius 1 is 1.12 bits per heavy atom. The number of nitrogens with zero attached hydrogens (tertiary/aromatic N) is 2. The summed E-state index contributed by atoms with van der Waals surface area (Å²) in [5, 5.41) is 4.39. The Hall–Kier alpha value is -3.39. The van der Waals surface area contributed by atoms with Gasteiger partial charge in [0, 0.05) is 0 Å². The van der Waals surface area contributed by atoms with Crippen LogP contribution < -0.4 is 15.6 Å². The Bertz CT molecular complexity index is 1160. The van der Waals surface area contributed by atoms with Crippen LogP contribution in [0, 0.1) is 19.7 Å². The molecule has 1 heterocycles. The summed E-state index contributed by atoms with van der Waals surface area (Å²) >= 11 is 6.35. The summed E-state index contributed by atoms with van der Waals surface area (Å²) < 4.78 is 20.2. The third-order valence-corrected chi connectivity index (χ3v) is 5.39. The molecule has 33 heavy (non-hydrogen) atoms. The lowest BCUT2D eigenvalue weighted by molar-refractivity contribution is -0.123. The molecule has 3 aromatic rings. The van der Waals surface area contributed by atoms with E-state index in [-0.39, 0.29) is 35.6 Å². The van der Waals surface area contributed by atoms with Gasteiger partial charge in [-0.1, -0.05) is 49.7 Å². The zero-order chi connectivity index (χ0) is 24.1. The van der Waals surface area contributed by atoms with Crippen LogP contribution in [0.5, 0.6) is 5.75 Å². The third kappa shape index (κ3) is 6.10. The smallest absolute Gasteiger partial charge is 0.276 e. The highest BCUT2D eigenvalue weighted by molar-refractivity contribution is 6.33. The largest absolute Gasteiger partial charge is 0.483 e. The van der Waals surface area contributed by atoms with Crippen molar-refractivity contribution in [3.63, 3.8) is 0 Å². The molecular formula is C24H26ClFN4O3. The third-order valence-electron chi connectivity index (χ3n) is 5.00. The highest BCUT2D eigenvalue weighted by atomic mass is 35.5. The van der Waals surface area contributed by atoms with E-state index in [1.807, 2.05) is 39.0 Å². The van der Waals surface area contributed by atoms with Gasteiger partial charge >= 0.3 is 0 Å². The molecular weight excluding hydrogens is 447 g/mol. The number of amides is 2. The fourth-order valence-electron chi connectivity index (χ4n) is 3.29. The van der Waals surface area contributed by atoms with Crippen LogP contribution >= 0.6 is 11.6 Å². The summed E-state index contributed by atoms with van der Waals surface area (Å²) in [6, 6.07) is 11.7. The van der Waals surface area contributed by atoms with E-state index in [1.165, 1.54) is 16.8 Å². The van der Waals surface area contributed by atoms with Crippen LogP contribution in [0.3, 0.4) is 0 Å². The minimum Gasteiger partial charge on any atom is -0.483 e. The van der Waals surface area contributed by atoms with E-state index < -0.39 is 11.8 Å². The van der Waals surface area contributed by atoms with Crippen molar-refractivity contribution in [2.24, 2.45) is 0 Å². The number of rotatable bonds is 7. The summed E-state index contributed by atoms with van der Waals surface area (Å²) in [7, 11) is 0. The maximum absolute atomic E-state index is 13.1. The van der Waals surface area contributed by atoms with E-state index in [9.17, 15) is 14.0 Å². The molecule has 0 aliphatic rings. The Labute approximate surface area is 196 Å². The average Bonchev–Trinajstić information content (AvgIpc) is 3.04. The lowest BCUT2D eigenvalue weighted by atomic mass is 10.0. The van der Waals surface area contributed by atoms with Gasteiger partial charge in [0.1, 0.15) is 22.3 Å². The molecule has 2 amide bonds. The second-order valence-electron chi connectivity index (χ2n) is 8.02. The Kier molecular flexibility index (Phi) is 7.71. The van der Waals surface area contributed by atoms with Gasteiger partial charge in [-0.25, -0.2) is 9.07 Å². The molecule has 3 rings (SSSR count). The molecule has 174 valence electrons. The maximum Gasteiger partial charge on any atom is 0.276 e. The summed E-state index contributed by atoms with van der Waals surface area (Å²) in [6.45, 7) is 7.67. The second-order valence-corrected chi connectivity index (χ2v) is 8.38. The second kappa shape index (κ2) is 10.5. The van der Waals surface area contributed by atoms with E-state index in [4.69, 9.17) is 16.3 Å². The summed E-state index contributed by atoms with van der Waals surface area (Å²) in [5.74, 6) is -0.599. The molecule has 0 atom stereocenters. The molecule has 0 unspecified atom stereocenters. The van der Waals surface area contributed by atoms with Gasteiger partial charge in [-0.2, -0.15) is 5.10 Å². The molecule has 0 saturated carbocycles. The number of nitrogens with one attached hydrogen (secondary N) is 2. The highest BCUT2D eigenvalue weighted by Gasteiger charge is 2.21. The normalized spacial score (nSPS) is 10.9. The van der Waals surface area contributed by atoms with Gasteiger partial charge in [0.2, 0.25) is 0 Å². The van der Waals surface area contributed by atoms with Crippen molar-refractivity contribution in [3.8, 4) is 5.75 Å². The van der Waals surface area contributed by atoms with E-state index in [1.54, 1.807) is 19.1 Å². The van der Waals surface area contributed by atoms with Crippen molar-refractivity contribution in [2.75, 3.05) is 6.61 Å². The number of hydrogen-bond acceptors (Lipinski definition) is 4. The minimum atomic E-state index is -0.602. The van der Waals surface area contributed by atoms with Crippen LogP contribution in [-0.2, 0) is 11.3 Å². The van der Waals surface area contributed by atoms with Crippen molar-refractivity contribution in [2.45, 2.75) is 40.2 Å². The first kappa shape index (κ1) is 24.3. The van der Waals surface area contributed by atoms with Crippen LogP contribution in [0.1, 0.15) is 52.5 Å². The maximum atomic E-state index is 13.1. The molecule has 0 bridgehead atoms. The molecule has 0 fully saturated rings. The van der Waals surface area contributed by atoms with E-state index in [0.717, 1.165) is 16.7 Å². The Morgan fingerprint density at radius 3 is 2.48 bits per heavy atom. The number of carbonyl (C=O) groups is 2. The molecule has 0 spiro atoms. The number of hydrazine groups is 1. The first-order chi connectivity index (χ1) is 15.7. The average molecular weight is 473 g/mol. The van der Waals surface area contributed by atoms with Crippen LogP contribution in [0.4, 0.5) is 4.39 Å². The molecule has 0 radical (unpaired) electrons. The molecule has 1 aromatic heterocycles. The molecule has 0 saturated heterocycles. The topological polar surface area (TPSA) is 85.2 Å². The van der Waals surface area contributed by atoms with Crippen LogP contribution in [0.2, 0.25) is 5.15 Å². The van der Waals surface area contributed by atoms with Gasteiger partial charge in [-0.05, 0) is 54.7 Å². The van der Waals surface area contributed by atoms with Gasteiger partial charge in [-0.3, -0.25) is 20.4 Å². The zero-order valence-corrected chi connectivity index (χ0v) is 19.7. The first-order valence-electron chi connectivity index (χ1n) is 10.5. The number of hydrogen-bond donors (Lipinski definition) is 2. The first-order valence-corrected chi connectivity index (χ1v) is 10.8. The molecule has 0 aliphatic carbocycles. The van der Waals surface area contributed by atoms with Crippen molar-refractivity contribution in [1.29, 1.82) is 0 Å².